The summed E-state index contributed by atoms with van der Waals surface area (Å²) < 4.78 is 0. The summed E-state index contributed by atoms with van der Waals surface area (Å²) in [6.07, 6.45) is 1.72. The molecule has 1 aromatic heterocycles. The summed E-state index contributed by atoms with van der Waals surface area (Å²) in [5.74, 6) is 0. The minimum Gasteiger partial charge on any atom is -0.364 e. The molecular formula is C7H9N3S2. The molecule has 12 heavy (non-hydrogen) atoms. The fourth-order valence-corrected chi connectivity index (χ4v) is 1.23. The largest absolute Gasteiger partial charge is 0.364 e. The first-order valence-corrected chi connectivity index (χ1v) is 4.71. The van der Waals surface area contributed by atoms with Crippen LogP contribution in [-0.2, 0) is 0 Å². The van der Waals surface area contributed by atoms with E-state index in [4.69, 9.17) is 12.2 Å². The summed E-state index contributed by atoms with van der Waals surface area (Å²) in [7, 11) is 1.75. The standard InChI is InChI=1S/C7H9N3S2/c1-8-7(11)10-9-4-6-2-3-12-5-6/h2-5H,1H3,(H2,8,10,11). The highest BCUT2D eigenvalue weighted by atomic mass is 32.1. The molecule has 64 valence electrons. The molecule has 0 fully saturated rings. The second-order valence-corrected chi connectivity index (χ2v) is 3.19. The molecule has 1 heterocycles. The summed E-state index contributed by atoms with van der Waals surface area (Å²) in [5.41, 5.74) is 3.74. The Morgan fingerprint density at radius 1 is 1.75 bits per heavy atom. The third kappa shape index (κ3) is 2.98. The van der Waals surface area contributed by atoms with Crippen LogP contribution in [0.2, 0.25) is 0 Å². The van der Waals surface area contributed by atoms with Gasteiger partial charge in [0.05, 0.1) is 6.21 Å². The minimum absolute atomic E-state index is 0.515. The molecule has 0 unspecified atom stereocenters. The second-order valence-electron chi connectivity index (χ2n) is 2.01. The lowest BCUT2D eigenvalue weighted by atomic mass is 10.4. The fourth-order valence-electron chi connectivity index (χ4n) is 0.570. The van der Waals surface area contributed by atoms with Crippen molar-refractivity contribution in [1.82, 2.24) is 10.7 Å². The first kappa shape index (κ1) is 9.15. The predicted octanol–water partition coefficient (Wildman–Crippen LogP) is 1.18. The van der Waals surface area contributed by atoms with Crippen molar-refractivity contribution in [2.75, 3.05) is 7.05 Å². The van der Waals surface area contributed by atoms with Crippen molar-refractivity contribution < 1.29 is 0 Å². The van der Waals surface area contributed by atoms with Crippen molar-refractivity contribution in [3.05, 3.63) is 22.4 Å². The van der Waals surface area contributed by atoms with Crippen LogP contribution in [0.1, 0.15) is 5.56 Å². The van der Waals surface area contributed by atoms with Gasteiger partial charge >= 0.3 is 0 Å². The highest BCUT2D eigenvalue weighted by Crippen LogP contribution is 2.01. The first-order chi connectivity index (χ1) is 5.83. The molecule has 0 aliphatic rings. The number of rotatable bonds is 2. The Balaban J connectivity index is 2.37. The van der Waals surface area contributed by atoms with Gasteiger partial charge in [0, 0.05) is 12.6 Å². The Bertz CT molecular complexity index is 266. The van der Waals surface area contributed by atoms with E-state index in [1.54, 1.807) is 24.6 Å². The topological polar surface area (TPSA) is 36.4 Å². The van der Waals surface area contributed by atoms with E-state index in [1.165, 1.54) is 0 Å². The van der Waals surface area contributed by atoms with Crippen molar-refractivity contribution in [2.24, 2.45) is 5.10 Å². The van der Waals surface area contributed by atoms with Crippen molar-refractivity contribution in [1.29, 1.82) is 0 Å². The smallest absolute Gasteiger partial charge is 0.186 e. The van der Waals surface area contributed by atoms with Crippen molar-refractivity contribution in [2.45, 2.75) is 0 Å². The van der Waals surface area contributed by atoms with Crippen molar-refractivity contribution in [3.8, 4) is 0 Å². The zero-order valence-corrected chi connectivity index (χ0v) is 8.21. The van der Waals surface area contributed by atoms with E-state index in [2.05, 4.69) is 15.8 Å². The monoisotopic (exact) mass is 199 g/mol. The maximum atomic E-state index is 4.82. The van der Waals surface area contributed by atoms with Crippen LogP contribution in [0.25, 0.3) is 0 Å². The molecule has 0 bridgehead atoms. The Morgan fingerprint density at radius 3 is 3.17 bits per heavy atom. The lowest BCUT2D eigenvalue weighted by Crippen LogP contribution is -2.28. The minimum atomic E-state index is 0.515. The van der Waals surface area contributed by atoms with E-state index in [0.29, 0.717) is 5.11 Å². The van der Waals surface area contributed by atoms with Crippen LogP contribution in [0, 0.1) is 0 Å². The van der Waals surface area contributed by atoms with Crippen LogP contribution in [0.5, 0.6) is 0 Å². The van der Waals surface area contributed by atoms with Crippen LogP contribution in [0.3, 0.4) is 0 Å². The third-order valence-electron chi connectivity index (χ3n) is 1.15. The van der Waals surface area contributed by atoms with Crippen LogP contribution in [0.4, 0.5) is 0 Å². The molecule has 0 aliphatic heterocycles. The van der Waals surface area contributed by atoms with Crippen LogP contribution >= 0.6 is 23.6 Å². The molecule has 0 radical (unpaired) electrons. The molecule has 3 nitrogen and oxygen atoms in total. The summed E-state index contributed by atoms with van der Waals surface area (Å²) in [5, 5.41) is 11.2. The zero-order valence-electron chi connectivity index (χ0n) is 6.57. The number of nitrogens with zero attached hydrogens (tertiary/aromatic N) is 1. The highest BCUT2D eigenvalue weighted by Gasteiger charge is 1.86. The van der Waals surface area contributed by atoms with Crippen molar-refractivity contribution >= 4 is 34.9 Å². The van der Waals surface area contributed by atoms with Gasteiger partial charge in [-0.25, -0.2) is 0 Å². The lowest BCUT2D eigenvalue weighted by molar-refractivity contribution is 0.982. The van der Waals surface area contributed by atoms with Gasteiger partial charge in [0.1, 0.15) is 0 Å². The Morgan fingerprint density at radius 2 is 2.58 bits per heavy atom. The van der Waals surface area contributed by atoms with E-state index in [-0.39, 0.29) is 0 Å². The van der Waals surface area contributed by atoms with Gasteiger partial charge < -0.3 is 5.32 Å². The fraction of sp³-hybridized carbons (Fsp3) is 0.143. The van der Waals surface area contributed by atoms with Gasteiger partial charge in [-0.2, -0.15) is 16.4 Å². The number of thiophene rings is 1. The average molecular weight is 199 g/mol. The van der Waals surface area contributed by atoms with Gasteiger partial charge in [0.25, 0.3) is 0 Å². The second kappa shape index (κ2) is 4.84. The molecule has 0 amide bonds. The van der Waals surface area contributed by atoms with Crippen molar-refractivity contribution in [3.63, 3.8) is 0 Å². The maximum absolute atomic E-state index is 4.82. The molecule has 0 spiro atoms. The molecule has 0 saturated carbocycles. The predicted molar refractivity (Wildman–Crippen MR) is 56.7 cm³/mol. The van der Waals surface area contributed by atoms with E-state index >= 15 is 0 Å². The van der Waals surface area contributed by atoms with Crippen LogP contribution in [0.15, 0.2) is 21.9 Å². The van der Waals surface area contributed by atoms with E-state index in [0.717, 1.165) is 5.56 Å². The number of hydrogen-bond donors (Lipinski definition) is 2. The zero-order chi connectivity index (χ0) is 8.81. The molecule has 1 rings (SSSR count). The Hall–Kier alpha value is -0.940. The van der Waals surface area contributed by atoms with Gasteiger partial charge in [-0.3, -0.25) is 5.43 Å². The Kier molecular flexibility index (Phi) is 3.69. The molecule has 0 saturated heterocycles. The summed E-state index contributed by atoms with van der Waals surface area (Å²) in [6.45, 7) is 0. The van der Waals surface area contributed by atoms with E-state index in [9.17, 15) is 0 Å². The molecule has 1 aromatic rings. The van der Waals surface area contributed by atoms with Gasteiger partial charge in [0.2, 0.25) is 0 Å². The SMILES string of the molecule is CNC(=S)NN=Cc1ccsc1. The number of hydrazone groups is 1. The van der Waals surface area contributed by atoms with E-state index < -0.39 is 0 Å². The number of nitrogens with one attached hydrogen (secondary N) is 2. The van der Waals surface area contributed by atoms with Crippen LogP contribution in [-0.4, -0.2) is 18.4 Å². The van der Waals surface area contributed by atoms with Gasteiger partial charge in [0.15, 0.2) is 5.11 Å². The van der Waals surface area contributed by atoms with Gasteiger partial charge in [-0.05, 0) is 29.0 Å². The molecular weight excluding hydrogens is 190 g/mol. The lowest BCUT2D eigenvalue weighted by Gasteiger charge is -1.98. The number of hydrogen-bond acceptors (Lipinski definition) is 3. The third-order valence-corrected chi connectivity index (χ3v) is 2.15. The molecule has 0 aliphatic carbocycles. The molecule has 2 N–H and O–H groups in total. The number of thiocarbonyl (C=S) groups is 1. The molecule has 5 heteroatoms. The quantitative estimate of drug-likeness (QED) is 0.426. The average Bonchev–Trinajstić information content (AvgIpc) is 2.57. The summed E-state index contributed by atoms with van der Waals surface area (Å²) in [4.78, 5) is 0. The van der Waals surface area contributed by atoms with Gasteiger partial charge in [-0.1, -0.05) is 0 Å². The normalized spacial score (nSPS) is 10.1. The molecule has 0 aromatic carbocycles. The van der Waals surface area contributed by atoms with E-state index in [1.807, 2.05) is 16.8 Å². The van der Waals surface area contributed by atoms with Crippen LogP contribution < -0.4 is 10.7 Å². The van der Waals surface area contributed by atoms with Gasteiger partial charge in [-0.15, -0.1) is 0 Å². The first-order valence-electron chi connectivity index (χ1n) is 3.36. The summed E-state index contributed by atoms with van der Waals surface area (Å²) in [6, 6.07) is 1.98. The Labute approximate surface area is 80.5 Å². The highest BCUT2D eigenvalue weighted by molar-refractivity contribution is 7.80. The molecule has 0 atom stereocenters. The maximum Gasteiger partial charge on any atom is 0.186 e. The summed E-state index contributed by atoms with van der Waals surface area (Å²) >= 11 is 6.45.